The number of rotatable bonds is 6. The molecule has 7 heteroatoms. The third kappa shape index (κ3) is 4.99. The van der Waals surface area contributed by atoms with E-state index >= 15 is 0 Å². The maximum atomic E-state index is 12.3. The molecule has 0 spiro atoms. The van der Waals surface area contributed by atoms with E-state index in [-0.39, 0.29) is 22.8 Å². The van der Waals surface area contributed by atoms with E-state index in [1.165, 1.54) is 22.5 Å². The molecule has 2 unspecified atom stereocenters. The van der Waals surface area contributed by atoms with Gasteiger partial charge in [0.15, 0.2) is 0 Å². The number of nitrogens with one attached hydrogen (secondary N) is 1. The van der Waals surface area contributed by atoms with Crippen LogP contribution in [-0.4, -0.2) is 40.2 Å². The first-order valence-electron chi connectivity index (χ1n) is 9.18. The minimum absolute atomic E-state index is 0.0544. The Hall–Kier alpha value is -2.12. The number of amides is 1. The zero-order valence-corrected chi connectivity index (χ0v) is 16.7. The first-order valence-corrected chi connectivity index (χ1v) is 10.1. The summed E-state index contributed by atoms with van der Waals surface area (Å²) in [6.07, 6.45) is 2.16. The van der Waals surface area contributed by atoms with Crippen molar-refractivity contribution in [3.05, 3.63) is 51.8 Å². The first-order chi connectivity index (χ1) is 12.9. The molecule has 1 aliphatic rings. The molecule has 1 N–H and O–H groups in total. The van der Waals surface area contributed by atoms with Gasteiger partial charge in [-0.15, -0.1) is 0 Å². The fourth-order valence-electron chi connectivity index (χ4n) is 2.90. The molecule has 2 atom stereocenters. The fraction of sp³-hybridized carbons (Fsp3) is 0.450. The highest BCUT2D eigenvalue weighted by molar-refractivity contribution is 8.00. The number of ether oxygens (including phenoxy) is 1. The van der Waals surface area contributed by atoms with Crippen LogP contribution in [0.15, 0.2) is 40.2 Å². The van der Waals surface area contributed by atoms with Gasteiger partial charge in [-0.2, -0.15) is 9.78 Å². The zero-order valence-electron chi connectivity index (χ0n) is 15.9. The molecule has 1 aliphatic heterocycles. The molecule has 0 saturated carbocycles. The van der Waals surface area contributed by atoms with Gasteiger partial charge in [-0.25, -0.2) is 0 Å². The van der Waals surface area contributed by atoms with Crippen molar-refractivity contribution in [1.82, 2.24) is 15.1 Å². The predicted octanol–water partition coefficient (Wildman–Crippen LogP) is 2.63. The number of thioether (sulfide) groups is 1. The molecular weight excluding hydrogens is 362 g/mol. The van der Waals surface area contributed by atoms with Crippen LogP contribution in [-0.2, 0) is 9.53 Å². The molecule has 2 aromatic rings. The minimum Gasteiger partial charge on any atom is -0.376 e. The Morgan fingerprint density at radius 2 is 2.15 bits per heavy atom. The van der Waals surface area contributed by atoms with Gasteiger partial charge in [0.2, 0.25) is 5.91 Å². The Balaban J connectivity index is 1.68. The van der Waals surface area contributed by atoms with Crippen molar-refractivity contribution >= 4 is 17.7 Å². The lowest BCUT2D eigenvalue weighted by Gasteiger charge is -2.15. The molecule has 1 aromatic carbocycles. The Labute approximate surface area is 163 Å². The second kappa shape index (κ2) is 8.71. The number of nitrogens with zero attached hydrogens (tertiary/aromatic N) is 2. The quantitative estimate of drug-likeness (QED) is 0.772. The fourth-order valence-corrected chi connectivity index (χ4v) is 3.73. The van der Waals surface area contributed by atoms with Gasteiger partial charge < -0.3 is 10.1 Å². The maximum absolute atomic E-state index is 12.3. The van der Waals surface area contributed by atoms with Gasteiger partial charge >= 0.3 is 0 Å². The molecule has 1 aromatic heterocycles. The van der Waals surface area contributed by atoms with Gasteiger partial charge in [-0.1, -0.05) is 17.8 Å². The largest absolute Gasteiger partial charge is 0.376 e. The molecule has 0 bridgehead atoms. The number of benzene rings is 1. The zero-order chi connectivity index (χ0) is 19.4. The second-order valence-electron chi connectivity index (χ2n) is 6.83. The smallest absolute Gasteiger partial charge is 0.271 e. The molecule has 27 heavy (non-hydrogen) atoms. The normalized spacial score (nSPS) is 17.7. The van der Waals surface area contributed by atoms with E-state index in [1.807, 2.05) is 39.0 Å². The Morgan fingerprint density at radius 3 is 2.85 bits per heavy atom. The van der Waals surface area contributed by atoms with E-state index in [1.54, 1.807) is 6.07 Å². The number of hydrogen-bond donors (Lipinski definition) is 1. The van der Waals surface area contributed by atoms with Crippen LogP contribution in [0.5, 0.6) is 0 Å². The molecule has 6 nitrogen and oxygen atoms in total. The lowest BCUT2D eigenvalue weighted by Crippen LogP contribution is -2.36. The first kappa shape index (κ1) is 19.6. The third-order valence-corrected chi connectivity index (χ3v) is 5.73. The lowest BCUT2D eigenvalue weighted by atomic mass is 10.1. The molecule has 3 rings (SSSR count). The number of aromatic nitrogens is 2. The number of carbonyl (C=O) groups is 1. The van der Waals surface area contributed by atoms with Gasteiger partial charge in [0.1, 0.15) is 5.03 Å². The summed E-state index contributed by atoms with van der Waals surface area (Å²) in [5.41, 5.74) is 2.79. The van der Waals surface area contributed by atoms with Crippen LogP contribution < -0.4 is 10.9 Å². The molecule has 1 amide bonds. The molecule has 0 aliphatic carbocycles. The van der Waals surface area contributed by atoms with Crippen LogP contribution in [0.3, 0.4) is 0 Å². The van der Waals surface area contributed by atoms with E-state index in [0.717, 1.165) is 36.3 Å². The highest BCUT2D eigenvalue weighted by Crippen LogP contribution is 2.21. The lowest BCUT2D eigenvalue weighted by molar-refractivity contribution is -0.120. The summed E-state index contributed by atoms with van der Waals surface area (Å²) in [5, 5.41) is 7.69. The van der Waals surface area contributed by atoms with Crippen molar-refractivity contribution < 1.29 is 9.53 Å². The predicted molar refractivity (Wildman–Crippen MR) is 107 cm³/mol. The minimum atomic E-state index is -0.315. The average molecular weight is 388 g/mol. The summed E-state index contributed by atoms with van der Waals surface area (Å²) in [6, 6.07) is 8.94. The van der Waals surface area contributed by atoms with Crippen LogP contribution in [0.25, 0.3) is 5.69 Å². The van der Waals surface area contributed by atoms with E-state index in [9.17, 15) is 9.59 Å². The highest BCUT2D eigenvalue weighted by atomic mass is 32.2. The van der Waals surface area contributed by atoms with E-state index < -0.39 is 0 Å². The SMILES string of the molecule is Cc1ccc(-n2nc(SC(C)C(=O)NCC3CCCO3)ccc2=O)cc1C. The Kier molecular flexibility index (Phi) is 6.34. The van der Waals surface area contributed by atoms with Crippen LogP contribution >= 0.6 is 11.8 Å². The van der Waals surface area contributed by atoms with E-state index in [0.29, 0.717) is 11.6 Å². The third-order valence-electron chi connectivity index (χ3n) is 4.71. The number of aryl methyl sites for hydroxylation is 2. The standard InChI is InChI=1S/C20H25N3O3S/c1-13-6-7-16(11-14(13)2)23-19(24)9-8-18(22-23)27-15(3)20(25)21-12-17-5-4-10-26-17/h6-9,11,15,17H,4-5,10,12H2,1-3H3,(H,21,25). The van der Waals surface area contributed by atoms with Crippen molar-refractivity contribution in [3.8, 4) is 5.69 Å². The van der Waals surface area contributed by atoms with Gasteiger partial charge in [0.05, 0.1) is 17.0 Å². The summed E-state index contributed by atoms with van der Waals surface area (Å²) in [7, 11) is 0. The number of carbonyl (C=O) groups excluding carboxylic acids is 1. The molecule has 1 fully saturated rings. The van der Waals surface area contributed by atoms with Crippen LogP contribution in [0.1, 0.15) is 30.9 Å². The van der Waals surface area contributed by atoms with Crippen LogP contribution in [0.4, 0.5) is 0 Å². The van der Waals surface area contributed by atoms with Gasteiger partial charge in [0.25, 0.3) is 5.56 Å². The van der Waals surface area contributed by atoms with Gasteiger partial charge in [-0.3, -0.25) is 9.59 Å². The van der Waals surface area contributed by atoms with Crippen LogP contribution in [0.2, 0.25) is 0 Å². The van der Waals surface area contributed by atoms with Crippen molar-refractivity contribution in [2.24, 2.45) is 0 Å². The molecule has 144 valence electrons. The van der Waals surface area contributed by atoms with E-state index in [4.69, 9.17) is 4.74 Å². The highest BCUT2D eigenvalue weighted by Gasteiger charge is 2.20. The van der Waals surface area contributed by atoms with Crippen molar-refractivity contribution in [2.45, 2.75) is 50.0 Å². The summed E-state index contributed by atoms with van der Waals surface area (Å²) < 4.78 is 6.91. The molecule has 2 heterocycles. The molecule has 1 saturated heterocycles. The topological polar surface area (TPSA) is 73.2 Å². The maximum Gasteiger partial charge on any atom is 0.271 e. The van der Waals surface area contributed by atoms with Gasteiger partial charge in [-0.05, 0) is 62.9 Å². The molecule has 0 radical (unpaired) electrons. The van der Waals surface area contributed by atoms with Crippen LogP contribution in [0, 0.1) is 13.8 Å². The summed E-state index contributed by atoms with van der Waals surface area (Å²) in [4.78, 5) is 24.6. The number of hydrogen-bond acceptors (Lipinski definition) is 5. The second-order valence-corrected chi connectivity index (χ2v) is 8.19. The molecular formula is C20H25N3O3S. The Morgan fingerprint density at radius 1 is 1.33 bits per heavy atom. The van der Waals surface area contributed by atoms with Crippen molar-refractivity contribution in [1.29, 1.82) is 0 Å². The summed E-state index contributed by atoms with van der Waals surface area (Å²) >= 11 is 1.34. The monoisotopic (exact) mass is 387 g/mol. The van der Waals surface area contributed by atoms with Crippen molar-refractivity contribution in [2.75, 3.05) is 13.2 Å². The average Bonchev–Trinajstić information content (AvgIpc) is 3.17. The summed E-state index contributed by atoms with van der Waals surface area (Å²) in [6.45, 7) is 7.18. The Bertz CT molecular complexity index is 875. The van der Waals surface area contributed by atoms with Crippen molar-refractivity contribution in [3.63, 3.8) is 0 Å². The van der Waals surface area contributed by atoms with E-state index in [2.05, 4.69) is 10.4 Å². The van der Waals surface area contributed by atoms with Gasteiger partial charge in [0, 0.05) is 19.2 Å². The summed E-state index contributed by atoms with van der Waals surface area (Å²) in [5.74, 6) is -0.0544.